The average molecular weight is 240 g/mol. The second kappa shape index (κ2) is 4.76. The molecule has 4 heteroatoms. The van der Waals surface area contributed by atoms with Crippen molar-refractivity contribution in [1.82, 2.24) is 9.88 Å². The zero-order valence-electron chi connectivity index (χ0n) is 10.1. The maximum atomic E-state index is 5.37. The van der Waals surface area contributed by atoms with Crippen LogP contribution < -0.4 is 11.3 Å². The minimum absolute atomic E-state index is 0.712. The molecule has 0 aliphatic carbocycles. The molecule has 4 nitrogen and oxygen atoms in total. The van der Waals surface area contributed by atoms with Gasteiger partial charge in [-0.3, -0.25) is 4.90 Å². The normalized spacial score (nSPS) is 14.5. The molecule has 0 unspecified atom stereocenters. The molecular formula is C14H16N4. The van der Waals surface area contributed by atoms with Gasteiger partial charge in [0.2, 0.25) is 0 Å². The number of aromatic nitrogens is 1. The van der Waals surface area contributed by atoms with Crippen LogP contribution in [0.1, 0.15) is 16.8 Å². The highest BCUT2D eigenvalue weighted by Gasteiger charge is 2.18. The van der Waals surface area contributed by atoms with Crippen molar-refractivity contribution in [2.24, 2.45) is 5.84 Å². The van der Waals surface area contributed by atoms with Gasteiger partial charge in [0.25, 0.3) is 0 Å². The van der Waals surface area contributed by atoms with Crippen LogP contribution in [0.2, 0.25) is 0 Å². The summed E-state index contributed by atoms with van der Waals surface area (Å²) < 4.78 is 0. The number of nitrogens with one attached hydrogen (secondary N) is 1. The van der Waals surface area contributed by atoms with Gasteiger partial charge in [-0.25, -0.2) is 10.8 Å². The fourth-order valence-corrected chi connectivity index (χ4v) is 2.39. The van der Waals surface area contributed by atoms with E-state index in [0.717, 1.165) is 25.3 Å². The number of hydrazine groups is 1. The number of nitrogens with zero attached hydrogens (tertiary/aromatic N) is 2. The Morgan fingerprint density at radius 1 is 1.06 bits per heavy atom. The topological polar surface area (TPSA) is 54.2 Å². The van der Waals surface area contributed by atoms with Crippen molar-refractivity contribution in [2.45, 2.75) is 19.6 Å². The number of hydrogen-bond acceptors (Lipinski definition) is 4. The molecule has 0 atom stereocenters. The van der Waals surface area contributed by atoms with Gasteiger partial charge in [0.15, 0.2) is 0 Å². The van der Waals surface area contributed by atoms with Crippen LogP contribution in [0.25, 0.3) is 0 Å². The van der Waals surface area contributed by atoms with E-state index in [0.29, 0.717) is 5.82 Å². The molecule has 0 bridgehead atoms. The number of anilines is 1. The van der Waals surface area contributed by atoms with Gasteiger partial charge in [-0.15, -0.1) is 0 Å². The maximum Gasteiger partial charge on any atom is 0.140 e. The predicted octanol–water partition coefficient (Wildman–Crippen LogP) is 1.88. The van der Waals surface area contributed by atoms with Crippen molar-refractivity contribution in [2.75, 3.05) is 5.43 Å². The van der Waals surface area contributed by atoms with Crippen LogP contribution in [0.4, 0.5) is 5.82 Å². The van der Waals surface area contributed by atoms with Crippen molar-refractivity contribution in [3.63, 3.8) is 0 Å². The summed E-state index contributed by atoms with van der Waals surface area (Å²) in [5.74, 6) is 6.08. The lowest BCUT2D eigenvalue weighted by molar-refractivity contribution is 0.272. The smallest absolute Gasteiger partial charge is 0.140 e. The van der Waals surface area contributed by atoms with Crippen LogP contribution in [0.5, 0.6) is 0 Å². The molecule has 0 radical (unpaired) electrons. The number of nitrogens with two attached hydrogens (primary N) is 1. The number of pyridine rings is 1. The maximum absolute atomic E-state index is 5.37. The monoisotopic (exact) mass is 240 g/mol. The number of rotatable bonds is 3. The summed E-state index contributed by atoms with van der Waals surface area (Å²) in [7, 11) is 0. The molecule has 0 amide bonds. The van der Waals surface area contributed by atoms with E-state index in [4.69, 9.17) is 5.84 Å². The molecule has 2 aromatic rings. The fraction of sp³-hybridized carbons (Fsp3) is 0.214. The lowest BCUT2D eigenvalue weighted by Gasteiger charge is -2.14. The minimum Gasteiger partial charge on any atom is -0.308 e. The van der Waals surface area contributed by atoms with E-state index in [1.54, 1.807) is 0 Å². The zero-order chi connectivity index (χ0) is 12.4. The number of nitrogen functional groups attached to an aromatic ring is 1. The molecule has 1 aromatic carbocycles. The minimum atomic E-state index is 0.712. The van der Waals surface area contributed by atoms with Crippen molar-refractivity contribution in [3.05, 3.63) is 59.3 Å². The molecule has 3 rings (SSSR count). The van der Waals surface area contributed by atoms with Gasteiger partial charge in [0.05, 0.1) is 5.69 Å². The molecular weight excluding hydrogens is 224 g/mol. The number of benzene rings is 1. The van der Waals surface area contributed by atoms with E-state index < -0.39 is 0 Å². The standard InChI is InChI=1S/C14H16N4/c15-17-14-7-3-6-13(16-14)10-18-8-11-4-1-2-5-12(11)9-18/h1-7H,8-10,15H2,(H,16,17). The van der Waals surface area contributed by atoms with Gasteiger partial charge in [-0.1, -0.05) is 30.3 Å². The van der Waals surface area contributed by atoms with Crippen LogP contribution in [0.3, 0.4) is 0 Å². The zero-order valence-corrected chi connectivity index (χ0v) is 10.1. The van der Waals surface area contributed by atoms with Crippen LogP contribution in [0.15, 0.2) is 42.5 Å². The van der Waals surface area contributed by atoms with Crippen molar-refractivity contribution in [3.8, 4) is 0 Å². The Morgan fingerprint density at radius 3 is 2.44 bits per heavy atom. The third-order valence-corrected chi connectivity index (χ3v) is 3.25. The summed E-state index contributed by atoms with van der Waals surface area (Å²) in [5, 5.41) is 0. The van der Waals surface area contributed by atoms with Gasteiger partial charge < -0.3 is 5.43 Å². The van der Waals surface area contributed by atoms with E-state index in [2.05, 4.69) is 39.6 Å². The molecule has 0 fully saturated rings. The van der Waals surface area contributed by atoms with Crippen LogP contribution >= 0.6 is 0 Å². The Balaban J connectivity index is 1.72. The Kier molecular flexibility index (Phi) is 2.96. The molecule has 2 heterocycles. The Bertz CT molecular complexity index is 528. The highest BCUT2D eigenvalue weighted by molar-refractivity contribution is 5.34. The van der Waals surface area contributed by atoms with E-state index >= 15 is 0 Å². The van der Waals surface area contributed by atoms with E-state index in [9.17, 15) is 0 Å². The van der Waals surface area contributed by atoms with E-state index in [1.807, 2.05) is 18.2 Å². The summed E-state index contributed by atoms with van der Waals surface area (Å²) in [5.41, 5.74) is 6.46. The SMILES string of the molecule is NNc1cccc(CN2Cc3ccccc3C2)n1. The van der Waals surface area contributed by atoms with Crippen molar-refractivity contribution >= 4 is 5.82 Å². The first-order valence-electron chi connectivity index (χ1n) is 6.07. The van der Waals surface area contributed by atoms with Gasteiger partial charge in [0, 0.05) is 19.6 Å². The molecule has 3 N–H and O–H groups in total. The molecule has 0 saturated heterocycles. The van der Waals surface area contributed by atoms with Crippen molar-refractivity contribution < 1.29 is 0 Å². The highest BCUT2D eigenvalue weighted by Crippen LogP contribution is 2.23. The summed E-state index contributed by atoms with van der Waals surface area (Å²) in [6, 6.07) is 14.5. The molecule has 92 valence electrons. The first kappa shape index (κ1) is 11.2. The van der Waals surface area contributed by atoms with Gasteiger partial charge >= 0.3 is 0 Å². The van der Waals surface area contributed by atoms with Crippen LogP contribution in [-0.2, 0) is 19.6 Å². The van der Waals surface area contributed by atoms with E-state index in [1.165, 1.54) is 11.1 Å². The largest absolute Gasteiger partial charge is 0.308 e. The van der Waals surface area contributed by atoms with Crippen LogP contribution in [0, 0.1) is 0 Å². The summed E-state index contributed by atoms with van der Waals surface area (Å²) in [6.45, 7) is 2.85. The quantitative estimate of drug-likeness (QED) is 0.635. The number of hydrogen-bond donors (Lipinski definition) is 2. The Labute approximate surface area is 106 Å². The Morgan fingerprint density at radius 2 is 1.78 bits per heavy atom. The van der Waals surface area contributed by atoms with Gasteiger partial charge in [-0.2, -0.15) is 0 Å². The summed E-state index contributed by atoms with van der Waals surface area (Å²) in [6.07, 6.45) is 0. The third-order valence-electron chi connectivity index (χ3n) is 3.25. The lowest BCUT2D eigenvalue weighted by Crippen LogP contribution is -2.17. The molecule has 1 aliphatic rings. The second-order valence-electron chi connectivity index (χ2n) is 4.57. The van der Waals surface area contributed by atoms with Gasteiger partial charge in [-0.05, 0) is 23.3 Å². The first-order valence-corrected chi connectivity index (χ1v) is 6.07. The lowest BCUT2D eigenvalue weighted by atomic mass is 10.1. The number of fused-ring (bicyclic) bond motifs is 1. The fourth-order valence-electron chi connectivity index (χ4n) is 2.39. The first-order chi connectivity index (χ1) is 8.85. The van der Waals surface area contributed by atoms with E-state index in [-0.39, 0.29) is 0 Å². The third kappa shape index (κ3) is 2.20. The van der Waals surface area contributed by atoms with Gasteiger partial charge in [0.1, 0.15) is 5.82 Å². The molecule has 0 saturated carbocycles. The Hall–Kier alpha value is -1.91. The average Bonchev–Trinajstić information content (AvgIpc) is 2.81. The predicted molar refractivity (Wildman–Crippen MR) is 71.4 cm³/mol. The summed E-state index contributed by atoms with van der Waals surface area (Å²) >= 11 is 0. The van der Waals surface area contributed by atoms with Crippen LogP contribution in [-0.4, -0.2) is 9.88 Å². The summed E-state index contributed by atoms with van der Waals surface area (Å²) in [4.78, 5) is 6.82. The molecule has 1 aromatic heterocycles. The molecule has 0 spiro atoms. The molecule has 1 aliphatic heterocycles. The molecule has 18 heavy (non-hydrogen) atoms. The van der Waals surface area contributed by atoms with Crippen molar-refractivity contribution in [1.29, 1.82) is 0 Å². The highest BCUT2D eigenvalue weighted by atomic mass is 15.3. The second-order valence-corrected chi connectivity index (χ2v) is 4.57.